The lowest BCUT2D eigenvalue weighted by Gasteiger charge is -2.32. The van der Waals surface area contributed by atoms with Gasteiger partial charge in [-0.2, -0.15) is 5.10 Å². The molecule has 0 N–H and O–H groups in total. The number of nitrogens with zero attached hydrogens (tertiary/aromatic N) is 4. The van der Waals surface area contributed by atoms with Crippen molar-refractivity contribution in [2.45, 2.75) is 25.2 Å². The van der Waals surface area contributed by atoms with E-state index in [-0.39, 0.29) is 30.0 Å². The lowest BCUT2D eigenvalue weighted by molar-refractivity contribution is -0.136. The van der Waals surface area contributed by atoms with Gasteiger partial charge in [-0.1, -0.05) is 0 Å². The zero-order valence-corrected chi connectivity index (χ0v) is 15.3. The Morgan fingerprint density at radius 3 is 2.48 bits per heavy atom. The highest BCUT2D eigenvalue weighted by Crippen LogP contribution is 2.30. The summed E-state index contributed by atoms with van der Waals surface area (Å²) >= 11 is 0. The van der Waals surface area contributed by atoms with Crippen LogP contribution in [0.15, 0.2) is 36.5 Å². The van der Waals surface area contributed by atoms with Gasteiger partial charge >= 0.3 is 0 Å². The van der Waals surface area contributed by atoms with E-state index in [1.54, 1.807) is 21.7 Å². The van der Waals surface area contributed by atoms with Crippen LogP contribution in [0.25, 0.3) is 0 Å². The van der Waals surface area contributed by atoms with Crippen molar-refractivity contribution < 1.29 is 14.0 Å². The average Bonchev–Trinajstić information content (AvgIpc) is 3.28. The molecule has 0 spiro atoms. The van der Waals surface area contributed by atoms with Crippen LogP contribution < -0.4 is 4.90 Å². The lowest BCUT2D eigenvalue weighted by atomic mass is 9.93. The largest absolute Gasteiger partial charge is 0.342 e. The maximum absolute atomic E-state index is 13.1. The van der Waals surface area contributed by atoms with Crippen molar-refractivity contribution in [1.29, 1.82) is 0 Å². The van der Waals surface area contributed by atoms with Gasteiger partial charge in [0.05, 0.1) is 11.6 Å². The Hall–Kier alpha value is -2.70. The maximum Gasteiger partial charge on any atom is 0.228 e. The summed E-state index contributed by atoms with van der Waals surface area (Å²) in [5, 5.41) is 4.48. The van der Waals surface area contributed by atoms with Crippen molar-refractivity contribution in [2.24, 2.45) is 13.0 Å². The average molecular weight is 370 g/mol. The molecule has 2 saturated heterocycles. The second-order valence-electron chi connectivity index (χ2n) is 7.40. The third kappa shape index (κ3) is 3.59. The van der Waals surface area contributed by atoms with Crippen molar-refractivity contribution in [2.75, 3.05) is 24.5 Å². The summed E-state index contributed by atoms with van der Waals surface area (Å²) in [6.07, 6.45) is 3.95. The number of hydrogen-bond donors (Lipinski definition) is 0. The first-order chi connectivity index (χ1) is 13.0. The zero-order valence-electron chi connectivity index (χ0n) is 15.3. The molecule has 142 valence electrons. The first-order valence-electron chi connectivity index (χ1n) is 9.35. The molecular formula is C20H23FN4O2. The van der Waals surface area contributed by atoms with Crippen LogP contribution in [0.5, 0.6) is 0 Å². The second-order valence-corrected chi connectivity index (χ2v) is 7.40. The number of aryl methyl sites for hydroxylation is 1. The number of halogens is 1. The van der Waals surface area contributed by atoms with E-state index in [0.29, 0.717) is 31.2 Å². The van der Waals surface area contributed by atoms with Crippen LogP contribution >= 0.6 is 0 Å². The standard InChI is InChI=1S/C20H23FN4O2/c1-23-9-8-18(22-23)14-6-10-24(11-7-14)20(27)15-12-19(26)25(13-15)17-4-2-16(21)3-5-17/h2-5,8-9,14-15H,6-7,10-13H2,1H3/t15-/m0/s1. The Morgan fingerprint density at radius 2 is 1.85 bits per heavy atom. The minimum Gasteiger partial charge on any atom is -0.342 e. The van der Waals surface area contributed by atoms with Crippen molar-refractivity contribution in [1.82, 2.24) is 14.7 Å². The van der Waals surface area contributed by atoms with Gasteiger partial charge < -0.3 is 9.80 Å². The van der Waals surface area contributed by atoms with Crippen molar-refractivity contribution in [3.63, 3.8) is 0 Å². The fraction of sp³-hybridized carbons (Fsp3) is 0.450. The molecule has 0 bridgehead atoms. The number of anilines is 1. The predicted octanol–water partition coefficient (Wildman–Crippen LogP) is 2.32. The van der Waals surface area contributed by atoms with Gasteiger partial charge in [0, 0.05) is 50.9 Å². The van der Waals surface area contributed by atoms with Crippen LogP contribution in [0, 0.1) is 11.7 Å². The number of rotatable bonds is 3. The maximum atomic E-state index is 13.1. The predicted molar refractivity (Wildman–Crippen MR) is 98.6 cm³/mol. The smallest absolute Gasteiger partial charge is 0.228 e. The summed E-state index contributed by atoms with van der Waals surface area (Å²) < 4.78 is 14.9. The minimum absolute atomic E-state index is 0.0485. The fourth-order valence-electron chi connectivity index (χ4n) is 4.05. The Balaban J connectivity index is 1.36. The molecule has 2 aliphatic heterocycles. The highest BCUT2D eigenvalue weighted by molar-refractivity contribution is 6.00. The molecule has 1 aromatic heterocycles. The molecule has 2 aliphatic rings. The van der Waals surface area contributed by atoms with E-state index in [4.69, 9.17) is 0 Å². The number of benzene rings is 1. The van der Waals surface area contributed by atoms with Crippen molar-refractivity contribution in [3.8, 4) is 0 Å². The van der Waals surface area contributed by atoms with Crippen LogP contribution in [0.3, 0.4) is 0 Å². The van der Waals surface area contributed by atoms with Crippen molar-refractivity contribution in [3.05, 3.63) is 48.0 Å². The molecule has 0 saturated carbocycles. The van der Waals surface area contributed by atoms with E-state index in [1.807, 2.05) is 24.2 Å². The summed E-state index contributed by atoms with van der Waals surface area (Å²) in [4.78, 5) is 28.7. The third-order valence-corrected chi connectivity index (χ3v) is 5.57. The molecule has 6 nitrogen and oxygen atoms in total. The SMILES string of the molecule is Cn1ccc(C2CCN(C(=O)[C@H]3CC(=O)N(c4ccc(F)cc4)C3)CC2)n1. The number of aromatic nitrogens is 2. The number of hydrogen-bond acceptors (Lipinski definition) is 3. The van der Waals surface area contributed by atoms with E-state index in [0.717, 1.165) is 18.5 Å². The van der Waals surface area contributed by atoms with Gasteiger partial charge in [-0.05, 0) is 43.2 Å². The van der Waals surface area contributed by atoms with Crippen LogP contribution in [0.4, 0.5) is 10.1 Å². The molecule has 0 radical (unpaired) electrons. The molecule has 2 fully saturated rings. The summed E-state index contributed by atoms with van der Waals surface area (Å²) in [7, 11) is 1.91. The van der Waals surface area contributed by atoms with E-state index in [9.17, 15) is 14.0 Å². The van der Waals surface area contributed by atoms with Gasteiger partial charge in [-0.25, -0.2) is 4.39 Å². The second kappa shape index (κ2) is 7.13. The quantitative estimate of drug-likeness (QED) is 0.833. The van der Waals surface area contributed by atoms with Crippen LogP contribution in [0.1, 0.15) is 30.9 Å². The van der Waals surface area contributed by atoms with E-state index >= 15 is 0 Å². The van der Waals surface area contributed by atoms with E-state index in [2.05, 4.69) is 5.10 Å². The molecule has 7 heteroatoms. The summed E-state index contributed by atoms with van der Waals surface area (Å²) in [5.74, 6) is -0.310. The molecule has 2 aromatic rings. The fourth-order valence-corrected chi connectivity index (χ4v) is 4.05. The number of carbonyl (C=O) groups excluding carboxylic acids is 2. The molecule has 1 atom stereocenters. The number of piperidine rings is 1. The number of amides is 2. The summed E-state index contributed by atoms with van der Waals surface area (Å²) in [5.41, 5.74) is 1.73. The van der Waals surface area contributed by atoms with E-state index in [1.165, 1.54) is 12.1 Å². The van der Waals surface area contributed by atoms with Crippen molar-refractivity contribution >= 4 is 17.5 Å². The van der Waals surface area contributed by atoms with Gasteiger partial charge in [0.25, 0.3) is 0 Å². The topological polar surface area (TPSA) is 58.4 Å². The number of likely N-dealkylation sites (tertiary alicyclic amines) is 1. The first kappa shape index (κ1) is 17.7. The van der Waals surface area contributed by atoms with Gasteiger partial charge in [-0.3, -0.25) is 14.3 Å². The molecule has 2 amide bonds. The molecule has 0 unspecified atom stereocenters. The van der Waals surface area contributed by atoms with Gasteiger partial charge in [0.2, 0.25) is 11.8 Å². The van der Waals surface area contributed by atoms with Gasteiger partial charge in [0.1, 0.15) is 5.82 Å². The third-order valence-electron chi connectivity index (χ3n) is 5.57. The van der Waals surface area contributed by atoms with Gasteiger partial charge in [-0.15, -0.1) is 0 Å². The van der Waals surface area contributed by atoms with Crippen LogP contribution in [-0.4, -0.2) is 46.1 Å². The van der Waals surface area contributed by atoms with Crippen LogP contribution in [-0.2, 0) is 16.6 Å². The van der Waals surface area contributed by atoms with E-state index < -0.39 is 0 Å². The Bertz CT molecular complexity index is 840. The lowest BCUT2D eigenvalue weighted by Crippen LogP contribution is -2.42. The highest BCUT2D eigenvalue weighted by atomic mass is 19.1. The Morgan fingerprint density at radius 1 is 1.15 bits per heavy atom. The summed E-state index contributed by atoms with van der Waals surface area (Å²) in [6, 6.07) is 7.87. The molecule has 27 heavy (non-hydrogen) atoms. The molecule has 0 aliphatic carbocycles. The first-order valence-corrected chi connectivity index (χ1v) is 9.35. The Labute approximate surface area is 157 Å². The minimum atomic E-state index is -0.339. The molecule has 4 rings (SSSR count). The summed E-state index contributed by atoms with van der Waals surface area (Å²) in [6.45, 7) is 1.76. The monoisotopic (exact) mass is 370 g/mol. The highest BCUT2D eigenvalue weighted by Gasteiger charge is 2.38. The molecule has 3 heterocycles. The normalized spacial score (nSPS) is 21.1. The molecular weight excluding hydrogens is 347 g/mol. The Kier molecular flexibility index (Phi) is 4.68. The van der Waals surface area contributed by atoms with Crippen LogP contribution in [0.2, 0.25) is 0 Å². The zero-order chi connectivity index (χ0) is 19.0. The molecule has 1 aromatic carbocycles. The van der Waals surface area contributed by atoms with Gasteiger partial charge in [0.15, 0.2) is 0 Å². The number of carbonyl (C=O) groups is 2.